The monoisotopic (exact) mass is 391 g/mol. The molecule has 2 aromatic rings. The lowest BCUT2D eigenvalue weighted by atomic mass is 10.2. The lowest BCUT2D eigenvalue weighted by Crippen LogP contribution is -2.38. The van der Waals surface area contributed by atoms with Crippen molar-refractivity contribution in [1.29, 1.82) is 0 Å². The first-order chi connectivity index (χ1) is 12.8. The smallest absolute Gasteiger partial charge is 0.342 e. The van der Waals surface area contributed by atoms with Gasteiger partial charge in [-0.1, -0.05) is 18.2 Å². The number of para-hydroxylation sites is 1. The highest BCUT2D eigenvalue weighted by molar-refractivity contribution is 7.91. The number of nitrogens with zero attached hydrogens (tertiary/aromatic N) is 2. The Morgan fingerprint density at radius 2 is 1.96 bits per heavy atom. The summed E-state index contributed by atoms with van der Waals surface area (Å²) in [6, 6.07) is 8.95. The quantitative estimate of drug-likeness (QED) is 0.761. The molecule has 0 saturated carbocycles. The molecular weight excluding hydrogens is 370 g/mol. The third kappa shape index (κ3) is 4.36. The number of carbonyl (C=O) groups excluding carboxylic acids is 2. The van der Waals surface area contributed by atoms with E-state index < -0.39 is 34.4 Å². The van der Waals surface area contributed by atoms with Gasteiger partial charge in [0.2, 0.25) is 0 Å². The van der Waals surface area contributed by atoms with E-state index in [0.29, 0.717) is 23.4 Å². The molecule has 3 rings (SSSR count). The van der Waals surface area contributed by atoms with Crippen molar-refractivity contribution < 1.29 is 22.7 Å². The van der Waals surface area contributed by atoms with E-state index in [9.17, 15) is 18.0 Å². The Balaban J connectivity index is 1.63. The van der Waals surface area contributed by atoms with E-state index in [2.05, 4.69) is 10.4 Å². The van der Waals surface area contributed by atoms with Gasteiger partial charge >= 0.3 is 5.97 Å². The summed E-state index contributed by atoms with van der Waals surface area (Å²) in [4.78, 5) is 24.4. The van der Waals surface area contributed by atoms with Gasteiger partial charge < -0.3 is 10.1 Å². The maximum absolute atomic E-state index is 12.4. The second-order valence-electron chi connectivity index (χ2n) is 6.54. The number of amides is 1. The number of rotatable bonds is 5. The highest BCUT2D eigenvalue weighted by Gasteiger charge is 2.29. The zero-order chi connectivity index (χ0) is 19.6. The molecule has 1 N–H and O–H groups in total. The fourth-order valence-electron chi connectivity index (χ4n) is 3.14. The van der Waals surface area contributed by atoms with Crippen molar-refractivity contribution in [1.82, 2.24) is 15.1 Å². The van der Waals surface area contributed by atoms with Gasteiger partial charge in [0.25, 0.3) is 5.91 Å². The molecule has 9 heteroatoms. The zero-order valence-electron chi connectivity index (χ0n) is 15.1. The van der Waals surface area contributed by atoms with Crippen LogP contribution in [0, 0.1) is 13.8 Å². The van der Waals surface area contributed by atoms with Gasteiger partial charge in [-0.15, -0.1) is 0 Å². The minimum Gasteiger partial charge on any atom is -0.452 e. The molecule has 0 radical (unpaired) electrons. The van der Waals surface area contributed by atoms with Crippen LogP contribution in [0.1, 0.15) is 28.2 Å². The van der Waals surface area contributed by atoms with Crippen LogP contribution in [0.25, 0.3) is 5.69 Å². The summed E-state index contributed by atoms with van der Waals surface area (Å²) in [5.41, 5.74) is 2.25. The molecule has 1 saturated heterocycles. The van der Waals surface area contributed by atoms with Gasteiger partial charge in [-0.2, -0.15) is 5.10 Å². The summed E-state index contributed by atoms with van der Waals surface area (Å²) in [5.74, 6) is -1.17. The molecular formula is C18H21N3O5S. The minimum atomic E-state index is -3.08. The average Bonchev–Trinajstić information content (AvgIpc) is 3.11. The lowest BCUT2D eigenvalue weighted by molar-refractivity contribution is -0.124. The molecule has 1 amide bonds. The Hall–Kier alpha value is -2.68. The van der Waals surface area contributed by atoms with E-state index in [1.165, 1.54) is 0 Å². The molecule has 1 aliphatic heterocycles. The van der Waals surface area contributed by atoms with Gasteiger partial charge in [0, 0.05) is 6.04 Å². The number of esters is 1. The number of hydrogen-bond donors (Lipinski definition) is 1. The van der Waals surface area contributed by atoms with Crippen LogP contribution in [0.5, 0.6) is 0 Å². The summed E-state index contributed by atoms with van der Waals surface area (Å²) < 4.78 is 29.6. The SMILES string of the molecule is Cc1nn(-c2ccccc2)c(C)c1C(=O)OCC(=O)NC1CCS(=O)(=O)C1. The van der Waals surface area contributed by atoms with E-state index in [-0.39, 0.29) is 11.5 Å². The molecule has 0 aliphatic carbocycles. The lowest BCUT2D eigenvalue weighted by Gasteiger charge is -2.11. The number of benzene rings is 1. The van der Waals surface area contributed by atoms with Gasteiger partial charge in [0.05, 0.1) is 28.6 Å². The van der Waals surface area contributed by atoms with Crippen molar-refractivity contribution in [3.63, 3.8) is 0 Å². The molecule has 2 heterocycles. The second kappa shape index (κ2) is 7.51. The molecule has 0 bridgehead atoms. The Morgan fingerprint density at radius 1 is 1.26 bits per heavy atom. The van der Waals surface area contributed by atoms with Crippen molar-refractivity contribution >= 4 is 21.7 Å². The van der Waals surface area contributed by atoms with Crippen LogP contribution in [0.15, 0.2) is 30.3 Å². The first-order valence-corrected chi connectivity index (χ1v) is 10.4. The number of hydrogen-bond acceptors (Lipinski definition) is 6. The topological polar surface area (TPSA) is 107 Å². The summed E-state index contributed by atoms with van der Waals surface area (Å²) in [6.45, 7) is 2.99. The molecule has 27 heavy (non-hydrogen) atoms. The van der Waals surface area contributed by atoms with Crippen LogP contribution in [-0.4, -0.2) is 54.2 Å². The van der Waals surface area contributed by atoms with Gasteiger partial charge in [0.1, 0.15) is 5.56 Å². The predicted molar refractivity (Wildman–Crippen MR) is 98.5 cm³/mol. The Morgan fingerprint density at radius 3 is 2.59 bits per heavy atom. The summed E-state index contributed by atoms with van der Waals surface area (Å²) in [7, 11) is -3.08. The molecule has 1 fully saturated rings. The average molecular weight is 391 g/mol. The minimum absolute atomic E-state index is 0.0643. The Labute approximate surface area is 157 Å². The van der Waals surface area contributed by atoms with E-state index in [4.69, 9.17) is 4.74 Å². The predicted octanol–water partition coefficient (Wildman–Crippen LogP) is 0.949. The van der Waals surface area contributed by atoms with Crippen molar-refractivity contribution in [3.8, 4) is 5.69 Å². The van der Waals surface area contributed by atoms with E-state index in [1.807, 2.05) is 30.3 Å². The van der Waals surface area contributed by atoms with Gasteiger partial charge in [-0.05, 0) is 32.4 Å². The maximum Gasteiger partial charge on any atom is 0.342 e. The van der Waals surface area contributed by atoms with Crippen LogP contribution in [0.3, 0.4) is 0 Å². The Kier molecular flexibility index (Phi) is 5.31. The van der Waals surface area contributed by atoms with Crippen LogP contribution in [0.2, 0.25) is 0 Å². The first kappa shape index (κ1) is 19.1. The normalized spacial score (nSPS) is 18.2. The summed E-state index contributed by atoms with van der Waals surface area (Å²) in [6.07, 6.45) is 0.379. The number of ether oxygens (including phenoxy) is 1. The van der Waals surface area contributed by atoms with E-state index in [1.54, 1.807) is 18.5 Å². The van der Waals surface area contributed by atoms with E-state index in [0.717, 1.165) is 5.69 Å². The van der Waals surface area contributed by atoms with Gasteiger partial charge in [-0.25, -0.2) is 17.9 Å². The van der Waals surface area contributed by atoms with Crippen molar-refractivity contribution in [2.75, 3.05) is 18.1 Å². The summed E-state index contributed by atoms with van der Waals surface area (Å²) in [5, 5.41) is 6.96. The molecule has 1 unspecified atom stereocenters. The molecule has 1 aliphatic rings. The maximum atomic E-state index is 12.4. The number of aryl methyl sites for hydroxylation is 1. The zero-order valence-corrected chi connectivity index (χ0v) is 16.0. The standard InChI is InChI=1S/C18H21N3O5S/c1-12-17(13(2)21(20-12)15-6-4-3-5-7-15)18(23)26-10-16(22)19-14-8-9-27(24,25)11-14/h3-7,14H,8-11H2,1-2H3,(H,19,22). The third-order valence-corrected chi connectivity index (χ3v) is 6.20. The van der Waals surface area contributed by atoms with Crippen LogP contribution in [0.4, 0.5) is 0 Å². The number of nitrogens with one attached hydrogen (secondary N) is 1. The highest BCUT2D eigenvalue weighted by Crippen LogP contribution is 2.18. The third-order valence-electron chi connectivity index (χ3n) is 4.43. The van der Waals surface area contributed by atoms with Crippen LogP contribution < -0.4 is 5.32 Å². The van der Waals surface area contributed by atoms with E-state index >= 15 is 0 Å². The molecule has 1 atom stereocenters. The fourth-order valence-corrected chi connectivity index (χ4v) is 4.81. The van der Waals surface area contributed by atoms with Crippen LogP contribution >= 0.6 is 0 Å². The number of carbonyl (C=O) groups is 2. The second-order valence-corrected chi connectivity index (χ2v) is 8.77. The molecule has 144 valence electrons. The van der Waals surface area contributed by atoms with Crippen molar-refractivity contribution in [2.45, 2.75) is 26.3 Å². The van der Waals surface area contributed by atoms with Gasteiger partial charge in [-0.3, -0.25) is 4.79 Å². The highest BCUT2D eigenvalue weighted by atomic mass is 32.2. The van der Waals surface area contributed by atoms with Crippen LogP contribution in [-0.2, 0) is 19.4 Å². The van der Waals surface area contributed by atoms with Crippen molar-refractivity contribution in [3.05, 3.63) is 47.3 Å². The molecule has 1 aromatic heterocycles. The van der Waals surface area contributed by atoms with Crippen molar-refractivity contribution in [2.24, 2.45) is 0 Å². The largest absolute Gasteiger partial charge is 0.452 e. The molecule has 0 spiro atoms. The van der Waals surface area contributed by atoms with Gasteiger partial charge in [0.15, 0.2) is 16.4 Å². The number of aromatic nitrogens is 2. The first-order valence-electron chi connectivity index (χ1n) is 8.55. The number of sulfone groups is 1. The summed E-state index contributed by atoms with van der Waals surface area (Å²) >= 11 is 0. The fraction of sp³-hybridized carbons (Fsp3) is 0.389. The molecule has 8 nitrogen and oxygen atoms in total. The Bertz CT molecular complexity index is 966. The molecule has 1 aromatic carbocycles.